The van der Waals surface area contributed by atoms with E-state index >= 15 is 0 Å². The van der Waals surface area contributed by atoms with Gasteiger partial charge in [0, 0.05) is 18.2 Å². The minimum absolute atomic E-state index is 0.108. The topological polar surface area (TPSA) is 51.2 Å². The standard InChI is InChI=1S/C13H16O3S/c1-17(15,16)12-7-5-11(6-8-12)13(14)9-4-10-2-3-10/h5-8,10H,2-4,9H2,1H3. The molecule has 1 aliphatic rings. The van der Waals surface area contributed by atoms with Gasteiger partial charge in [-0.15, -0.1) is 0 Å². The quantitative estimate of drug-likeness (QED) is 0.756. The molecule has 0 radical (unpaired) electrons. The maximum absolute atomic E-state index is 11.8. The molecule has 0 bridgehead atoms. The van der Waals surface area contributed by atoms with Gasteiger partial charge < -0.3 is 0 Å². The average Bonchev–Trinajstić information content (AvgIpc) is 3.09. The summed E-state index contributed by atoms with van der Waals surface area (Å²) in [6, 6.07) is 6.20. The molecule has 0 spiro atoms. The summed E-state index contributed by atoms with van der Waals surface area (Å²) >= 11 is 0. The third kappa shape index (κ3) is 3.40. The molecule has 0 atom stereocenters. The Bertz CT molecular complexity index is 510. The van der Waals surface area contributed by atoms with Gasteiger partial charge in [0.2, 0.25) is 0 Å². The zero-order valence-electron chi connectivity index (χ0n) is 9.85. The molecule has 92 valence electrons. The van der Waals surface area contributed by atoms with Crippen LogP contribution in [0.3, 0.4) is 0 Å². The number of hydrogen-bond acceptors (Lipinski definition) is 3. The first-order valence-corrected chi connectivity index (χ1v) is 7.69. The van der Waals surface area contributed by atoms with Crippen LogP contribution in [0.1, 0.15) is 36.0 Å². The predicted octanol–water partition coefficient (Wildman–Crippen LogP) is 2.46. The molecule has 0 unspecified atom stereocenters. The third-order valence-corrected chi connectivity index (χ3v) is 4.21. The molecule has 0 heterocycles. The molecule has 4 heteroatoms. The average molecular weight is 252 g/mol. The lowest BCUT2D eigenvalue weighted by molar-refractivity contribution is 0.0978. The number of hydrogen-bond donors (Lipinski definition) is 0. The second-order valence-corrected chi connectivity index (χ2v) is 6.72. The number of Topliss-reactive ketones (excluding diaryl/α,β-unsaturated/α-hetero) is 1. The normalized spacial score (nSPS) is 15.8. The van der Waals surface area contributed by atoms with Gasteiger partial charge in [-0.2, -0.15) is 0 Å². The summed E-state index contributed by atoms with van der Waals surface area (Å²) in [6.45, 7) is 0. The maximum Gasteiger partial charge on any atom is 0.175 e. The summed E-state index contributed by atoms with van der Waals surface area (Å²) < 4.78 is 22.5. The second-order valence-electron chi connectivity index (χ2n) is 4.70. The Hall–Kier alpha value is -1.16. The van der Waals surface area contributed by atoms with Crippen LogP contribution in [0.5, 0.6) is 0 Å². The van der Waals surface area contributed by atoms with E-state index in [0.29, 0.717) is 12.0 Å². The fourth-order valence-corrected chi connectivity index (χ4v) is 2.40. The van der Waals surface area contributed by atoms with Crippen LogP contribution >= 0.6 is 0 Å². The van der Waals surface area contributed by atoms with Gasteiger partial charge in [-0.05, 0) is 24.5 Å². The van der Waals surface area contributed by atoms with Gasteiger partial charge in [0.15, 0.2) is 15.6 Å². The Morgan fingerprint density at radius 3 is 2.29 bits per heavy atom. The van der Waals surface area contributed by atoms with Crippen molar-refractivity contribution < 1.29 is 13.2 Å². The summed E-state index contributed by atoms with van der Waals surface area (Å²) in [5, 5.41) is 0. The van der Waals surface area contributed by atoms with Crippen LogP contribution in [0.4, 0.5) is 0 Å². The fourth-order valence-electron chi connectivity index (χ4n) is 1.77. The summed E-state index contributed by atoms with van der Waals surface area (Å²) in [4.78, 5) is 12.0. The SMILES string of the molecule is CS(=O)(=O)c1ccc(C(=O)CCC2CC2)cc1. The first-order chi connectivity index (χ1) is 7.97. The van der Waals surface area contributed by atoms with Gasteiger partial charge in [-0.25, -0.2) is 8.42 Å². The Kier molecular flexibility index (Phi) is 3.33. The van der Waals surface area contributed by atoms with Crippen molar-refractivity contribution in [2.24, 2.45) is 5.92 Å². The van der Waals surface area contributed by atoms with Crippen molar-refractivity contribution in [2.45, 2.75) is 30.6 Å². The second kappa shape index (κ2) is 4.61. The Morgan fingerprint density at radius 1 is 1.24 bits per heavy atom. The highest BCUT2D eigenvalue weighted by molar-refractivity contribution is 7.90. The highest BCUT2D eigenvalue weighted by atomic mass is 32.2. The molecule has 3 nitrogen and oxygen atoms in total. The first-order valence-electron chi connectivity index (χ1n) is 5.80. The van der Waals surface area contributed by atoms with E-state index in [1.807, 2.05) is 0 Å². The first kappa shape index (κ1) is 12.3. The highest BCUT2D eigenvalue weighted by Crippen LogP contribution is 2.33. The minimum Gasteiger partial charge on any atom is -0.294 e. The van der Waals surface area contributed by atoms with Crippen molar-refractivity contribution in [2.75, 3.05) is 6.26 Å². The van der Waals surface area contributed by atoms with Gasteiger partial charge >= 0.3 is 0 Å². The highest BCUT2D eigenvalue weighted by Gasteiger charge is 2.22. The van der Waals surface area contributed by atoms with E-state index in [0.717, 1.165) is 18.6 Å². The van der Waals surface area contributed by atoms with E-state index in [2.05, 4.69) is 0 Å². The van der Waals surface area contributed by atoms with Gasteiger partial charge in [0.05, 0.1) is 4.90 Å². The molecule has 1 aromatic rings. The zero-order valence-corrected chi connectivity index (χ0v) is 10.7. The van der Waals surface area contributed by atoms with Crippen molar-refractivity contribution in [3.05, 3.63) is 29.8 Å². The van der Waals surface area contributed by atoms with Crippen molar-refractivity contribution in [1.29, 1.82) is 0 Å². The summed E-state index contributed by atoms with van der Waals surface area (Å²) in [6.07, 6.45) is 5.20. The van der Waals surface area contributed by atoms with Crippen molar-refractivity contribution in [1.82, 2.24) is 0 Å². The predicted molar refractivity (Wildman–Crippen MR) is 65.8 cm³/mol. The molecule has 1 aromatic carbocycles. The Balaban J connectivity index is 2.03. The van der Waals surface area contributed by atoms with Crippen LogP contribution in [-0.2, 0) is 9.84 Å². The number of benzene rings is 1. The van der Waals surface area contributed by atoms with E-state index in [4.69, 9.17) is 0 Å². The van der Waals surface area contributed by atoms with E-state index in [-0.39, 0.29) is 10.7 Å². The molecule has 1 fully saturated rings. The number of carbonyl (C=O) groups excluding carboxylic acids is 1. The molecular weight excluding hydrogens is 236 g/mol. The number of sulfone groups is 1. The monoisotopic (exact) mass is 252 g/mol. The largest absolute Gasteiger partial charge is 0.294 e. The smallest absolute Gasteiger partial charge is 0.175 e. The van der Waals surface area contributed by atoms with Gasteiger partial charge in [0.1, 0.15) is 0 Å². The van der Waals surface area contributed by atoms with Gasteiger partial charge in [-0.1, -0.05) is 25.0 Å². The molecule has 0 N–H and O–H groups in total. The molecular formula is C13H16O3S. The van der Waals surface area contributed by atoms with Crippen LogP contribution in [0.15, 0.2) is 29.2 Å². The lowest BCUT2D eigenvalue weighted by Crippen LogP contribution is -2.01. The molecule has 0 aromatic heterocycles. The zero-order chi connectivity index (χ0) is 12.5. The molecule has 1 aliphatic carbocycles. The summed E-state index contributed by atoms with van der Waals surface area (Å²) in [5.74, 6) is 0.853. The van der Waals surface area contributed by atoms with E-state index in [9.17, 15) is 13.2 Å². The van der Waals surface area contributed by atoms with E-state index in [1.165, 1.54) is 25.0 Å². The van der Waals surface area contributed by atoms with Crippen LogP contribution in [-0.4, -0.2) is 20.5 Å². The van der Waals surface area contributed by atoms with Gasteiger partial charge in [-0.3, -0.25) is 4.79 Å². The molecule has 0 aliphatic heterocycles. The van der Waals surface area contributed by atoms with Gasteiger partial charge in [0.25, 0.3) is 0 Å². The molecule has 1 saturated carbocycles. The van der Waals surface area contributed by atoms with Crippen molar-refractivity contribution in [3.63, 3.8) is 0 Å². The number of carbonyl (C=O) groups is 1. The molecule has 2 rings (SSSR count). The molecule has 17 heavy (non-hydrogen) atoms. The Morgan fingerprint density at radius 2 is 1.82 bits per heavy atom. The summed E-state index contributed by atoms with van der Waals surface area (Å²) in [5.41, 5.74) is 0.609. The minimum atomic E-state index is -3.17. The lowest BCUT2D eigenvalue weighted by Gasteiger charge is -2.02. The van der Waals surface area contributed by atoms with Crippen LogP contribution in [0.2, 0.25) is 0 Å². The fraction of sp³-hybridized carbons (Fsp3) is 0.462. The Labute approximate surface area is 102 Å². The summed E-state index contributed by atoms with van der Waals surface area (Å²) in [7, 11) is -3.17. The number of ketones is 1. The van der Waals surface area contributed by atoms with Crippen LogP contribution < -0.4 is 0 Å². The van der Waals surface area contributed by atoms with Crippen molar-refractivity contribution in [3.8, 4) is 0 Å². The maximum atomic E-state index is 11.8. The van der Waals surface area contributed by atoms with Crippen LogP contribution in [0, 0.1) is 5.92 Å². The van der Waals surface area contributed by atoms with E-state index in [1.54, 1.807) is 12.1 Å². The number of rotatable bonds is 5. The third-order valence-electron chi connectivity index (χ3n) is 3.08. The van der Waals surface area contributed by atoms with E-state index < -0.39 is 9.84 Å². The van der Waals surface area contributed by atoms with Crippen LogP contribution in [0.25, 0.3) is 0 Å². The molecule has 0 saturated heterocycles. The van der Waals surface area contributed by atoms with Crippen molar-refractivity contribution >= 4 is 15.6 Å². The molecule has 0 amide bonds. The lowest BCUT2D eigenvalue weighted by atomic mass is 10.1.